The average Bonchev–Trinajstić information content (AvgIpc) is 3.11. The second-order valence-corrected chi connectivity index (χ2v) is 5.70. The van der Waals surface area contributed by atoms with E-state index in [9.17, 15) is 4.79 Å². The fraction of sp³-hybridized carbons (Fsp3) is 0.150. The van der Waals surface area contributed by atoms with Crippen molar-refractivity contribution in [3.63, 3.8) is 0 Å². The first-order valence-corrected chi connectivity index (χ1v) is 8.01. The van der Waals surface area contributed by atoms with E-state index < -0.39 is 0 Å². The lowest BCUT2D eigenvalue weighted by atomic mass is 9.94. The number of para-hydroxylation sites is 2. The molecule has 1 N–H and O–H groups in total. The molecule has 120 valence electrons. The van der Waals surface area contributed by atoms with E-state index in [1.165, 1.54) is 0 Å². The number of nitrogens with one attached hydrogen (secondary N) is 1. The van der Waals surface area contributed by atoms with E-state index in [2.05, 4.69) is 5.32 Å². The molecule has 2 aromatic carbocycles. The summed E-state index contributed by atoms with van der Waals surface area (Å²) in [5, 5.41) is 3.07. The first-order chi connectivity index (χ1) is 11.8. The van der Waals surface area contributed by atoms with Crippen LogP contribution in [-0.4, -0.2) is 5.91 Å². The smallest absolute Gasteiger partial charge is 0.287 e. The number of benzene rings is 2. The molecule has 4 nitrogen and oxygen atoms in total. The van der Waals surface area contributed by atoms with Crippen LogP contribution in [0.15, 0.2) is 65.1 Å². The van der Waals surface area contributed by atoms with Crippen LogP contribution in [0, 0.1) is 0 Å². The Balaban J connectivity index is 1.70. The summed E-state index contributed by atoms with van der Waals surface area (Å²) in [6.45, 7) is 1.99. The number of carbonyl (C=O) groups excluding carboxylic acids is 1. The van der Waals surface area contributed by atoms with Crippen molar-refractivity contribution in [1.29, 1.82) is 0 Å². The molecule has 24 heavy (non-hydrogen) atoms. The van der Waals surface area contributed by atoms with Crippen LogP contribution in [-0.2, 0) is 6.42 Å². The number of amides is 1. The number of aryl methyl sites for hydroxylation is 1. The molecule has 0 bridgehead atoms. The van der Waals surface area contributed by atoms with Gasteiger partial charge in [0.2, 0.25) is 0 Å². The van der Waals surface area contributed by atoms with Crippen LogP contribution in [0.5, 0.6) is 11.5 Å². The van der Waals surface area contributed by atoms with Gasteiger partial charge in [0, 0.05) is 17.5 Å². The minimum atomic E-state index is -0.270. The standard InChI is InChI=1S/C20H17NO3/c1-2-13-11-12-18(23-13)20(22)21-19-14-7-3-5-9-16(14)24-17-10-6-4-8-15(17)19/h3-12,19H,2H2,1H3,(H,21,22). The Kier molecular flexibility index (Phi) is 3.58. The molecule has 0 spiro atoms. The molecule has 0 unspecified atom stereocenters. The molecule has 2 heterocycles. The van der Waals surface area contributed by atoms with Gasteiger partial charge in [-0.2, -0.15) is 0 Å². The zero-order valence-corrected chi connectivity index (χ0v) is 13.3. The van der Waals surface area contributed by atoms with Crippen LogP contribution in [0.4, 0.5) is 0 Å². The lowest BCUT2D eigenvalue weighted by Gasteiger charge is -2.28. The maximum absolute atomic E-state index is 12.6. The van der Waals surface area contributed by atoms with Gasteiger partial charge in [-0.15, -0.1) is 0 Å². The average molecular weight is 319 g/mol. The minimum Gasteiger partial charge on any atom is -0.457 e. The van der Waals surface area contributed by atoms with Gasteiger partial charge < -0.3 is 14.5 Å². The quantitative estimate of drug-likeness (QED) is 0.775. The maximum Gasteiger partial charge on any atom is 0.287 e. The van der Waals surface area contributed by atoms with Crippen molar-refractivity contribution < 1.29 is 13.9 Å². The Bertz CT molecular complexity index is 852. The lowest BCUT2D eigenvalue weighted by molar-refractivity contribution is 0.0912. The molecular formula is C20H17NO3. The van der Waals surface area contributed by atoms with Crippen LogP contribution < -0.4 is 10.1 Å². The predicted molar refractivity (Wildman–Crippen MR) is 90.4 cm³/mol. The van der Waals surface area contributed by atoms with Crippen LogP contribution in [0.2, 0.25) is 0 Å². The molecular weight excluding hydrogens is 302 g/mol. The largest absolute Gasteiger partial charge is 0.457 e. The molecule has 1 aromatic heterocycles. The first-order valence-electron chi connectivity index (χ1n) is 8.01. The van der Waals surface area contributed by atoms with Crippen molar-refractivity contribution in [1.82, 2.24) is 5.32 Å². The van der Waals surface area contributed by atoms with Crippen LogP contribution in [0.1, 0.15) is 40.4 Å². The Morgan fingerprint density at radius 2 is 1.58 bits per heavy atom. The van der Waals surface area contributed by atoms with Gasteiger partial charge in [0.05, 0.1) is 6.04 Å². The maximum atomic E-state index is 12.6. The highest BCUT2D eigenvalue weighted by molar-refractivity contribution is 5.92. The second-order valence-electron chi connectivity index (χ2n) is 5.70. The minimum absolute atomic E-state index is 0.230. The molecule has 0 radical (unpaired) electrons. The van der Waals surface area contributed by atoms with Crippen molar-refractivity contribution in [2.24, 2.45) is 0 Å². The van der Waals surface area contributed by atoms with Gasteiger partial charge in [-0.25, -0.2) is 0 Å². The Hall–Kier alpha value is -3.01. The van der Waals surface area contributed by atoms with E-state index in [1.807, 2.05) is 61.5 Å². The summed E-state index contributed by atoms with van der Waals surface area (Å²) >= 11 is 0. The van der Waals surface area contributed by atoms with Gasteiger partial charge in [-0.05, 0) is 24.3 Å². The monoisotopic (exact) mass is 319 g/mol. The molecule has 0 atom stereocenters. The van der Waals surface area contributed by atoms with E-state index in [1.54, 1.807) is 6.07 Å². The van der Waals surface area contributed by atoms with Crippen LogP contribution >= 0.6 is 0 Å². The van der Waals surface area contributed by atoms with Gasteiger partial charge in [-0.3, -0.25) is 4.79 Å². The molecule has 0 saturated heterocycles. The van der Waals surface area contributed by atoms with Gasteiger partial charge in [-0.1, -0.05) is 43.3 Å². The summed E-state index contributed by atoms with van der Waals surface area (Å²) in [7, 11) is 0. The van der Waals surface area contributed by atoms with Crippen LogP contribution in [0.25, 0.3) is 0 Å². The number of ether oxygens (including phenoxy) is 1. The Labute approximate surface area is 140 Å². The van der Waals surface area contributed by atoms with Crippen molar-refractivity contribution in [2.75, 3.05) is 0 Å². The highest BCUT2D eigenvalue weighted by atomic mass is 16.5. The molecule has 1 aliphatic heterocycles. The Morgan fingerprint density at radius 1 is 0.958 bits per heavy atom. The zero-order chi connectivity index (χ0) is 16.5. The molecule has 1 aliphatic rings. The summed E-state index contributed by atoms with van der Waals surface area (Å²) in [4.78, 5) is 12.6. The van der Waals surface area contributed by atoms with E-state index in [-0.39, 0.29) is 11.9 Å². The number of hydrogen-bond donors (Lipinski definition) is 1. The molecule has 0 fully saturated rings. The summed E-state index contributed by atoms with van der Waals surface area (Å²) in [5.41, 5.74) is 1.87. The van der Waals surface area contributed by atoms with Crippen molar-refractivity contribution in [2.45, 2.75) is 19.4 Å². The van der Waals surface area contributed by atoms with E-state index in [4.69, 9.17) is 9.15 Å². The summed E-state index contributed by atoms with van der Waals surface area (Å²) in [6.07, 6.45) is 0.760. The Morgan fingerprint density at radius 3 is 2.17 bits per heavy atom. The number of carbonyl (C=O) groups is 1. The fourth-order valence-electron chi connectivity index (χ4n) is 2.96. The molecule has 1 amide bonds. The third-order valence-corrected chi connectivity index (χ3v) is 4.19. The molecule has 0 saturated carbocycles. The first kappa shape index (κ1) is 14.6. The fourth-order valence-corrected chi connectivity index (χ4v) is 2.96. The van der Waals surface area contributed by atoms with E-state index >= 15 is 0 Å². The highest BCUT2D eigenvalue weighted by Crippen LogP contribution is 2.42. The van der Waals surface area contributed by atoms with Gasteiger partial charge in [0.1, 0.15) is 17.3 Å². The van der Waals surface area contributed by atoms with Crippen LogP contribution in [0.3, 0.4) is 0 Å². The number of fused-ring (bicyclic) bond motifs is 2. The number of rotatable bonds is 3. The lowest BCUT2D eigenvalue weighted by Crippen LogP contribution is -2.31. The number of hydrogen-bond acceptors (Lipinski definition) is 3. The SMILES string of the molecule is CCc1ccc(C(=O)NC2c3ccccc3Oc3ccccc32)o1. The third kappa shape index (κ3) is 2.46. The summed E-state index contributed by atoms with van der Waals surface area (Å²) in [6, 6.07) is 18.8. The second kappa shape index (κ2) is 5.89. The van der Waals surface area contributed by atoms with E-state index in [0.29, 0.717) is 5.76 Å². The molecule has 4 heteroatoms. The van der Waals surface area contributed by atoms with Crippen molar-refractivity contribution in [3.8, 4) is 11.5 Å². The molecule has 3 aromatic rings. The van der Waals surface area contributed by atoms with E-state index in [0.717, 1.165) is 34.8 Å². The summed E-state index contributed by atoms with van der Waals surface area (Å²) in [5.74, 6) is 2.41. The summed E-state index contributed by atoms with van der Waals surface area (Å²) < 4.78 is 11.5. The zero-order valence-electron chi connectivity index (χ0n) is 13.3. The topological polar surface area (TPSA) is 51.5 Å². The van der Waals surface area contributed by atoms with Gasteiger partial charge in [0.15, 0.2) is 5.76 Å². The third-order valence-electron chi connectivity index (χ3n) is 4.19. The van der Waals surface area contributed by atoms with Crippen molar-refractivity contribution >= 4 is 5.91 Å². The predicted octanol–water partition coefficient (Wildman–Crippen LogP) is 4.47. The number of furan rings is 1. The van der Waals surface area contributed by atoms with Gasteiger partial charge >= 0.3 is 0 Å². The normalized spacial score (nSPS) is 12.9. The van der Waals surface area contributed by atoms with Crippen molar-refractivity contribution in [3.05, 3.63) is 83.3 Å². The molecule has 4 rings (SSSR count). The highest BCUT2D eigenvalue weighted by Gasteiger charge is 2.29. The molecule has 0 aliphatic carbocycles. The van der Waals surface area contributed by atoms with Gasteiger partial charge in [0.25, 0.3) is 5.91 Å².